The van der Waals surface area contributed by atoms with E-state index in [-0.39, 0.29) is 29.1 Å². The number of carbonyl (C=O) groups excluding carboxylic acids is 4. The molecule has 4 unspecified atom stereocenters. The second-order valence-corrected chi connectivity index (χ2v) is 43.7. The van der Waals surface area contributed by atoms with Crippen molar-refractivity contribution >= 4 is 176 Å². The second kappa shape index (κ2) is 43.0. The Morgan fingerprint density at radius 2 is 0.582 bits per heavy atom. The van der Waals surface area contributed by atoms with Gasteiger partial charge >= 0.3 is 0 Å². The first kappa shape index (κ1) is 96.7. The number of ether oxygens (including phenoxy) is 1. The number of pyridine rings is 8. The van der Waals surface area contributed by atoms with Crippen molar-refractivity contribution in [3.05, 3.63) is 290 Å². The van der Waals surface area contributed by atoms with Crippen molar-refractivity contribution in [1.29, 1.82) is 0 Å². The number of aromatic nitrogens is 16. The quantitative estimate of drug-likeness (QED) is 0.0203. The summed E-state index contributed by atoms with van der Waals surface area (Å²) in [4.78, 5) is 93.6. The number of nitrogens with one attached hydrogen (secondary N) is 12. The zero-order valence-electron chi connectivity index (χ0n) is 77.6. The molecule has 15 heterocycles. The van der Waals surface area contributed by atoms with Crippen LogP contribution in [0.3, 0.4) is 0 Å². The van der Waals surface area contributed by atoms with Crippen molar-refractivity contribution < 1.29 is 40.8 Å². The van der Waals surface area contributed by atoms with Crippen molar-refractivity contribution in [2.45, 2.75) is 58.2 Å². The summed E-state index contributed by atoms with van der Waals surface area (Å²) in [5, 5.41) is 42.7. The zero-order valence-corrected chi connectivity index (χ0v) is 80.9. The Morgan fingerprint density at radius 3 is 0.851 bits per heavy atom. The van der Waals surface area contributed by atoms with E-state index in [2.05, 4.69) is 177 Å². The molecule has 0 aliphatic carbocycles. The molecular formula is C101H103N27O9S4. The van der Waals surface area contributed by atoms with Crippen molar-refractivity contribution in [2.24, 2.45) is 0 Å². The monoisotopic (exact) mass is 1970 g/mol. The van der Waals surface area contributed by atoms with Crippen LogP contribution in [0.2, 0.25) is 0 Å². The number of para-hydroxylation sites is 1. The summed E-state index contributed by atoms with van der Waals surface area (Å²) in [6, 6.07) is 54.4. The van der Waals surface area contributed by atoms with E-state index in [4.69, 9.17) is 4.74 Å². The highest BCUT2D eigenvalue weighted by Crippen LogP contribution is 2.35. The van der Waals surface area contributed by atoms with E-state index in [9.17, 15) is 36.0 Å². The minimum atomic E-state index is -2.44. The normalized spacial score (nSPS) is 14.9. The van der Waals surface area contributed by atoms with Crippen molar-refractivity contribution in [2.75, 3.05) is 104 Å². The predicted octanol–water partition coefficient (Wildman–Crippen LogP) is 15.4. The lowest BCUT2D eigenvalue weighted by Gasteiger charge is -2.30. The summed E-state index contributed by atoms with van der Waals surface area (Å²) in [5.41, 5.74) is 17.3. The second-order valence-electron chi connectivity index (χ2n) is 34.8. The molecule has 3 fully saturated rings. The number of amides is 4. The zero-order chi connectivity index (χ0) is 98.4. The molecule has 12 aromatic heterocycles. The molecular weight excluding hydrogens is 1860 g/mol. The molecule has 40 heteroatoms. The van der Waals surface area contributed by atoms with Crippen molar-refractivity contribution in [3.8, 4) is 56.0 Å². The molecule has 20 rings (SSSR count). The maximum absolute atomic E-state index is 13.0. The van der Waals surface area contributed by atoms with Crippen LogP contribution in [-0.4, -0.2) is 224 Å². The van der Waals surface area contributed by atoms with E-state index in [0.717, 1.165) is 142 Å². The highest BCUT2D eigenvalue weighted by Gasteiger charge is 2.24. The van der Waals surface area contributed by atoms with Crippen molar-refractivity contribution in [3.63, 3.8) is 0 Å². The molecule has 0 bridgehead atoms. The number of nitrogens with zero attached hydrogens (tertiary/aromatic N) is 15. The molecule has 0 saturated carbocycles. The molecule has 141 heavy (non-hydrogen) atoms. The summed E-state index contributed by atoms with van der Waals surface area (Å²) in [6.45, 7) is 9.49. The summed E-state index contributed by atoms with van der Waals surface area (Å²) in [7, 11) is -9.73. The highest BCUT2D eigenvalue weighted by molar-refractivity contribution is 8.01. The van der Waals surface area contributed by atoms with Gasteiger partial charge in [-0.15, -0.1) is 0 Å². The summed E-state index contributed by atoms with van der Waals surface area (Å²) < 4.78 is 63.9. The third-order valence-corrected chi connectivity index (χ3v) is 25.3. The van der Waals surface area contributed by atoms with Gasteiger partial charge in [0.05, 0.1) is 75.8 Å². The average molecular weight is 1970 g/mol. The maximum atomic E-state index is 13.0. The van der Waals surface area contributed by atoms with E-state index >= 15 is 0 Å². The van der Waals surface area contributed by atoms with Crippen LogP contribution in [0.15, 0.2) is 250 Å². The molecule has 3 aliphatic heterocycles. The smallest absolute Gasteiger partial charge is 0.276 e. The van der Waals surface area contributed by atoms with Gasteiger partial charge in [0.2, 0.25) is 0 Å². The largest absolute Gasteiger partial charge is 0.456 e. The number of rotatable bonds is 28. The van der Waals surface area contributed by atoms with Crippen LogP contribution in [0.5, 0.6) is 11.5 Å². The summed E-state index contributed by atoms with van der Waals surface area (Å²) >= 11 is 0. The maximum Gasteiger partial charge on any atom is 0.276 e. The number of piperidine rings is 1. The SMILES string of the molecule is C=S(C)(=O)Nc1ccc(NC(=O)c2n[nH]c3ccc(-c4cncc(CN5CCC5)c4)cc23)cn1.C=S(C)(=O)Nc1ccc(NC(=O)c2n[nH]c3ccc(-c4cncc(CN5CCCC5)c4)cc23)cn1.C=S(C)(=O)Nc1ccc(NC(=O)c2n[nH]c3ccc(-c4cncc(CN5CCCCC5)c4)cc23)cn1.C=S(C)(=O)Nc1ccc(NC(=O)c2n[nH]c3ccc(-c4cncc(Oc5ccccc5)c4)cc23)cn1. The lowest BCUT2D eigenvalue weighted by molar-refractivity contribution is 0.101. The standard InChI is InChI=1S/C26H29N7O2S.C26H22N6O3S.C25H27N7O2S.C24H25N7O2S/c1-36(2,35)32-24-9-7-21(16-28-24)29-26(34)25-22-13-19(6-8-23(22)30-31-25)20-12-18(14-27-15-20)17-33-10-4-3-5-11-33;1-36(2,34)32-24-11-9-19(15-28-24)29-26(33)25-22-13-17(8-10-23(22)30-31-25)18-12-21(16-27-14-18)35-20-6-4-3-5-7-20;1-35(2,34)31-23-8-6-20(15-27-23)28-25(33)24-21-12-18(5-7-22(21)29-30-24)19-11-17(13-26-14-19)16-32-9-3-4-10-32;1-34(2,33)30-22-7-5-19(14-26-22)27-24(32)23-20-11-17(4-6-21(20)28-29-23)18-10-16(12-25-13-18)15-31-8-3-9-31/h6-9,12-16H,1,3-5,10-11,17H2,2H3,(H,29,34)(H,30,31)(H,28,32,35);3-16H,1H2,2H3,(H,29,33)(H,30,31)(H,28,32,34);5-8,11-15H,1,3-4,9-10,16H2,2H3,(H,28,33)(H,29,30)(H,27,31,34);4-7,10-14H,1,3,8-9,15H2,2H3,(H,27,32)(H,28,29)(H,26,30,33). The van der Waals surface area contributed by atoms with Gasteiger partial charge in [-0.3, -0.25) is 93.1 Å². The number of carbonyl (C=O) groups is 4. The molecule has 12 N–H and O–H groups in total. The van der Waals surface area contributed by atoms with Gasteiger partial charge in [-0.25, -0.2) is 36.8 Å². The molecule has 0 radical (unpaired) electrons. The van der Waals surface area contributed by atoms with Crippen LogP contribution in [0.25, 0.3) is 88.1 Å². The Balaban J connectivity index is 0.000000130. The number of aromatic amines is 4. The van der Waals surface area contributed by atoms with Gasteiger partial charge in [0.25, 0.3) is 23.6 Å². The van der Waals surface area contributed by atoms with E-state index in [1.54, 1.807) is 60.9 Å². The third-order valence-electron chi connectivity index (χ3n) is 22.7. The first-order chi connectivity index (χ1) is 67.8. The minimum Gasteiger partial charge on any atom is -0.456 e. The number of hydrogen-bond acceptors (Lipinski definition) is 24. The molecule has 720 valence electrons. The fraction of sp³-hybridized carbons (Fsp3) is 0.188. The first-order valence-corrected chi connectivity index (χ1v) is 53.5. The molecule has 3 aliphatic rings. The topological polar surface area (TPSA) is 470 Å². The van der Waals surface area contributed by atoms with E-state index in [1.807, 2.05) is 146 Å². The number of likely N-dealkylation sites (tertiary alicyclic amines) is 3. The van der Waals surface area contributed by atoms with Gasteiger partial charge in [-0.05, 0) is 267 Å². The van der Waals surface area contributed by atoms with Crippen molar-refractivity contribution in [1.82, 2.24) is 95.4 Å². The first-order valence-electron chi connectivity index (χ1n) is 45.0. The number of anilines is 8. The van der Waals surface area contributed by atoms with Crippen LogP contribution in [-0.2, 0) is 58.5 Å². The van der Waals surface area contributed by atoms with E-state index in [0.29, 0.717) is 74.3 Å². The fourth-order valence-corrected chi connectivity index (χ4v) is 18.3. The number of hydrogen-bond donors (Lipinski definition) is 12. The number of H-pyrrole nitrogens is 4. The van der Waals surface area contributed by atoms with Crippen LogP contribution >= 0.6 is 0 Å². The Hall–Kier alpha value is -16.0. The Morgan fingerprint density at radius 1 is 0.305 bits per heavy atom. The molecule has 4 amide bonds. The van der Waals surface area contributed by atoms with Gasteiger partial charge in [0.1, 0.15) is 34.8 Å². The minimum absolute atomic E-state index is 0.244. The lowest BCUT2D eigenvalue weighted by Crippen LogP contribution is -2.36. The van der Waals surface area contributed by atoms with Gasteiger partial charge < -0.3 is 26.0 Å². The molecule has 36 nitrogen and oxygen atoms in total. The molecule has 5 aromatic carbocycles. The molecule has 4 atom stereocenters. The molecule has 3 saturated heterocycles. The molecule has 0 spiro atoms. The van der Waals surface area contributed by atoms with Crippen LogP contribution in [0, 0.1) is 0 Å². The molecule has 17 aromatic rings. The van der Waals surface area contributed by atoms with E-state index < -0.39 is 44.7 Å². The Labute approximate surface area is 814 Å². The van der Waals surface area contributed by atoms with E-state index in [1.165, 1.54) is 105 Å². The lowest BCUT2D eigenvalue weighted by atomic mass is 10.0. The van der Waals surface area contributed by atoms with Gasteiger partial charge in [0.15, 0.2) is 22.8 Å². The van der Waals surface area contributed by atoms with Crippen LogP contribution in [0.1, 0.15) is 97.2 Å². The highest BCUT2D eigenvalue weighted by atomic mass is 32.2. The Kier molecular flexibility index (Phi) is 29.5. The van der Waals surface area contributed by atoms with Crippen LogP contribution < -0.4 is 44.9 Å². The number of benzene rings is 5. The van der Waals surface area contributed by atoms with Crippen LogP contribution in [0.4, 0.5) is 46.0 Å². The summed E-state index contributed by atoms with van der Waals surface area (Å²) in [6.07, 6.45) is 34.1. The van der Waals surface area contributed by atoms with Gasteiger partial charge in [0, 0.05) is 171 Å². The fourth-order valence-electron chi connectivity index (χ4n) is 16.1. The average Bonchev–Trinajstić information content (AvgIpc) is 1.68. The number of fused-ring (bicyclic) bond motifs is 4. The third kappa shape index (κ3) is 26.3. The summed E-state index contributed by atoms with van der Waals surface area (Å²) in [5.74, 6) is 15.7. The van der Waals surface area contributed by atoms with Gasteiger partial charge in [-0.2, -0.15) is 20.4 Å². The predicted molar refractivity (Wildman–Crippen MR) is 565 cm³/mol. The Bertz CT molecular complexity index is 7930. The van der Waals surface area contributed by atoms with Gasteiger partial charge in [-0.1, -0.05) is 48.9 Å².